The first kappa shape index (κ1) is 27.6. The van der Waals surface area contributed by atoms with E-state index in [1.165, 1.54) is 15.9 Å². The molecule has 0 saturated carbocycles. The second kappa shape index (κ2) is 11.6. The number of fused-ring (bicyclic) bond motifs is 1. The number of methoxy groups -OCH3 is 3. The second-order valence-electron chi connectivity index (χ2n) is 7.92. The quantitative estimate of drug-likeness (QED) is 0.268. The van der Waals surface area contributed by atoms with Gasteiger partial charge in [-0.3, -0.25) is 9.36 Å². The van der Waals surface area contributed by atoms with Crippen LogP contribution in [0, 0.1) is 7.14 Å². The molecule has 0 spiro atoms. The largest absolute Gasteiger partial charge is 0.497 e. The summed E-state index contributed by atoms with van der Waals surface area (Å²) in [5.41, 5.74) is 1.83. The Bertz CT molecular complexity index is 1590. The van der Waals surface area contributed by atoms with Gasteiger partial charge in [-0.15, -0.1) is 0 Å². The van der Waals surface area contributed by atoms with Crippen molar-refractivity contribution in [1.82, 2.24) is 4.57 Å². The molecule has 4 rings (SSSR count). The van der Waals surface area contributed by atoms with Crippen LogP contribution in [0.15, 0.2) is 51.4 Å². The van der Waals surface area contributed by atoms with Crippen LogP contribution in [0.4, 0.5) is 0 Å². The van der Waals surface area contributed by atoms with Crippen LogP contribution >= 0.6 is 56.5 Å². The van der Waals surface area contributed by atoms with E-state index < -0.39 is 12.0 Å². The topological polar surface area (TPSA) is 88.4 Å². The van der Waals surface area contributed by atoms with E-state index in [1.54, 1.807) is 59.5 Å². The molecule has 2 heterocycles. The van der Waals surface area contributed by atoms with E-state index in [0.717, 1.165) is 12.7 Å². The highest BCUT2D eigenvalue weighted by atomic mass is 127. The smallest absolute Gasteiger partial charge is 0.338 e. The lowest BCUT2D eigenvalue weighted by Gasteiger charge is -2.26. The number of halogens is 2. The molecular formula is C26H24I2N2O6S. The maximum atomic E-state index is 13.9. The number of carbonyl (C=O) groups is 1. The fourth-order valence-corrected chi connectivity index (χ4v) is 7.33. The lowest BCUT2D eigenvalue weighted by atomic mass is 9.94. The summed E-state index contributed by atoms with van der Waals surface area (Å²) in [6, 6.07) is 8.42. The number of carbonyl (C=O) groups excluding carboxylic acids is 1. The number of hydrogen-bond donors (Lipinski definition) is 0. The van der Waals surface area contributed by atoms with Crippen LogP contribution in [0.25, 0.3) is 6.08 Å². The van der Waals surface area contributed by atoms with E-state index in [-0.39, 0.29) is 17.7 Å². The third-order valence-electron chi connectivity index (χ3n) is 5.78. The summed E-state index contributed by atoms with van der Waals surface area (Å²) in [6.45, 7) is 3.67. The van der Waals surface area contributed by atoms with E-state index in [2.05, 4.69) is 50.2 Å². The van der Waals surface area contributed by atoms with Crippen molar-refractivity contribution in [3.05, 3.63) is 79.6 Å². The normalized spacial score (nSPS) is 15.2. The van der Waals surface area contributed by atoms with E-state index in [1.807, 2.05) is 12.1 Å². The Balaban J connectivity index is 2.04. The predicted molar refractivity (Wildman–Crippen MR) is 158 cm³/mol. The van der Waals surface area contributed by atoms with Crippen molar-refractivity contribution in [2.45, 2.75) is 19.9 Å². The fourth-order valence-electron chi connectivity index (χ4n) is 4.18. The zero-order valence-electron chi connectivity index (χ0n) is 20.8. The number of esters is 1. The van der Waals surface area contributed by atoms with Crippen molar-refractivity contribution in [2.75, 3.05) is 27.9 Å². The lowest BCUT2D eigenvalue weighted by molar-refractivity contribution is -0.139. The molecular weight excluding hydrogens is 722 g/mol. The molecule has 3 aromatic rings. The van der Waals surface area contributed by atoms with Crippen LogP contribution in [0.1, 0.15) is 31.0 Å². The van der Waals surface area contributed by atoms with E-state index in [0.29, 0.717) is 37.8 Å². The van der Waals surface area contributed by atoms with Crippen LogP contribution in [-0.2, 0) is 9.53 Å². The van der Waals surface area contributed by atoms with Crippen molar-refractivity contribution >= 4 is 68.6 Å². The summed E-state index contributed by atoms with van der Waals surface area (Å²) >= 11 is 5.70. The molecule has 194 valence electrons. The molecule has 1 aromatic heterocycles. The Kier molecular flexibility index (Phi) is 8.63. The van der Waals surface area contributed by atoms with Gasteiger partial charge in [0.2, 0.25) is 0 Å². The Morgan fingerprint density at radius 2 is 1.89 bits per heavy atom. The third kappa shape index (κ3) is 5.30. The van der Waals surface area contributed by atoms with Gasteiger partial charge in [-0.25, -0.2) is 9.79 Å². The molecule has 11 heteroatoms. The molecule has 0 fully saturated rings. The molecule has 37 heavy (non-hydrogen) atoms. The van der Waals surface area contributed by atoms with Crippen LogP contribution in [-0.4, -0.2) is 38.5 Å². The number of aromatic nitrogens is 1. The van der Waals surface area contributed by atoms with Crippen molar-refractivity contribution in [2.24, 2.45) is 4.99 Å². The summed E-state index contributed by atoms with van der Waals surface area (Å²) < 4.78 is 26.0. The number of ether oxygens (including phenoxy) is 4. The molecule has 0 radical (unpaired) electrons. The van der Waals surface area contributed by atoms with Crippen molar-refractivity contribution in [3.63, 3.8) is 0 Å². The van der Waals surface area contributed by atoms with Crippen LogP contribution in [0.5, 0.6) is 17.2 Å². The zero-order valence-corrected chi connectivity index (χ0v) is 25.9. The van der Waals surface area contributed by atoms with E-state index >= 15 is 0 Å². The minimum absolute atomic E-state index is 0.188. The van der Waals surface area contributed by atoms with Crippen molar-refractivity contribution < 1.29 is 23.7 Å². The Labute approximate surface area is 244 Å². The number of allylic oxidation sites excluding steroid dienone is 1. The molecule has 0 bridgehead atoms. The highest BCUT2D eigenvalue weighted by molar-refractivity contribution is 14.1. The number of hydrogen-bond acceptors (Lipinski definition) is 8. The van der Waals surface area contributed by atoms with Gasteiger partial charge < -0.3 is 18.9 Å². The summed E-state index contributed by atoms with van der Waals surface area (Å²) in [5.74, 6) is 1.21. The van der Waals surface area contributed by atoms with Gasteiger partial charge in [0.1, 0.15) is 23.3 Å². The molecule has 0 unspecified atom stereocenters. The predicted octanol–water partition coefficient (Wildman–Crippen LogP) is 4.03. The summed E-state index contributed by atoms with van der Waals surface area (Å²) in [4.78, 5) is 32.2. The zero-order chi connectivity index (χ0) is 26.9. The van der Waals surface area contributed by atoms with Gasteiger partial charge in [0, 0.05) is 14.7 Å². The van der Waals surface area contributed by atoms with Crippen LogP contribution < -0.4 is 29.1 Å². The lowest BCUT2D eigenvalue weighted by Crippen LogP contribution is -2.40. The third-order valence-corrected chi connectivity index (χ3v) is 8.18. The Morgan fingerprint density at radius 3 is 2.54 bits per heavy atom. The standard InChI is InChI=1S/C26H24I2N2O6S/c1-6-36-25(32)21-13(2)29-26-30(22(21)17-12-16(33-3)7-8-19(17)34-4)24(31)20(37-26)10-14-9-15(27)11-18(28)23(14)35-5/h7-12,22H,6H2,1-5H3/b20-10-/t22-/m1/s1. The van der Waals surface area contributed by atoms with Gasteiger partial charge in [-0.2, -0.15) is 0 Å². The molecule has 1 aliphatic rings. The minimum atomic E-state index is -0.819. The van der Waals surface area contributed by atoms with E-state index in [9.17, 15) is 9.59 Å². The number of benzene rings is 2. The first-order valence-corrected chi connectivity index (χ1v) is 14.2. The van der Waals surface area contributed by atoms with Gasteiger partial charge in [-0.1, -0.05) is 11.3 Å². The average molecular weight is 746 g/mol. The van der Waals surface area contributed by atoms with Crippen LogP contribution in [0.3, 0.4) is 0 Å². The van der Waals surface area contributed by atoms with Crippen LogP contribution in [0.2, 0.25) is 0 Å². The van der Waals surface area contributed by atoms with Gasteiger partial charge in [0.05, 0.1) is 47.3 Å². The summed E-state index contributed by atoms with van der Waals surface area (Å²) in [6.07, 6.45) is 1.80. The SMILES string of the molecule is CCOC(=O)C1=C(C)N=c2s/c(=C\c3cc(I)cc(I)c3OC)c(=O)n2[C@@H]1c1cc(OC)ccc1OC. The molecule has 1 atom stereocenters. The summed E-state index contributed by atoms with van der Waals surface area (Å²) in [7, 11) is 4.70. The molecule has 0 N–H and O–H groups in total. The molecule has 0 saturated heterocycles. The average Bonchev–Trinajstić information content (AvgIpc) is 3.16. The maximum Gasteiger partial charge on any atom is 0.338 e. The van der Waals surface area contributed by atoms with Crippen molar-refractivity contribution in [3.8, 4) is 17.2 Å². The molecule has 1 aliphatic heterocycles. The van der Waals surface area contributed by atoms with Gasteiger partial charge in [-0.05, 0) is 95.4 Å². The molecule has 8 nitrogen and oxygen atoms in total. The highest BCUT2D eigenvalue weighted by Gasteiger charge is 2.35. The number of thiazole rings is 1. The fraction of sp³-hybridized carbons (Fsp3) is 0.269. The van der Waals surface area contributed by atoms with Gasteiger partial charge in [0.25, 0.3) is 5.56 Å². The van der Waals surface area contributed by atoms with Gasteiger partial charge >= 0.3 is 5.97 Å². The molecule has 0 amide bonds. The summed E-state index contributed by atoms with van der Waals surface area (Å²) in [5, 5.41) is 0. The number of nitrogens with zero attached hydrogens (tertiary/aromatic N) is 2. The molecule has 0 aliphatic carbocycles. The Hall–Kier alpha value is -2.39. The minimum Gasteiger partial charge on any atom is -0.497 e. The molecule has 2 aromatic carbocycles. The first-order chi connectivity index (χ1) is 17.7. The second-order valence-corrected chi connectivity index (χ2v) is 11.3. The highest BCUT2D eigenvalue weighted by Crippen LogP contribution is 2.38. The first-order valence-electron chi connectivity index (χ1n) is 11.2. The van der Waals surface area contributed by atoms with E-state index in [4.69, 9.17) is 18.9 Å². The Morgan fingerprint density at radius 1 is 1.14 bits per heavy atom. The maximum absolute atomic E-state index is 13.9. The van der Waals surface area contributed by atoms with Crippen molar-refractivity contribution in [1.29, 1.82) is 0 Å². The number of rotatable bonds is 7. The van der Waals surface area contributed by atoms with Gasteiger partial charge in [0.15, 0.2) is 4.80 Å². The monoisotopic (exact) mass is 746 g/mol.